The molecule has 4 aromatic rings. The second kappa shape index (κ2) is 7.67. The summed E-state index contributed by atoms with van der Waals surface area (Å²) in [5.74, 6) is 1.07. The first-order chi connectivity index (χ1) is 12.8. The number of hydrogen-bond donors (Lipinski definition) is 1. The lowest BCUT2D eigenvalue weighted by Crippen LogP contribution is -2.24. The number of thiazole rings is 1. The number of hydrogen-bond acceptors (Lipinski definition) is 6. The van der Waals surface area contributed by atoms with Gasteiger partial charge in [0.05, 0.1) is 16.0 Å². The summed E-state index contributed by atoms with van der Waals surface area (Å²) in [6.45, 7) is 0.450. The van der Waals surface area contributed by atoms with Crippen molar-refractivity contribution >= 4 is 39.2 Å². The average molecular weight is 381 g/mol. The van der Waals surface area contributed by atoms with Crippen molar-refractivity contribution < 1.29 is 4.79 Å². The Morgan fingerprint density at radius 1 is 1.19 bits per heavy atom. The Hall–Kier alpha value is -2.71. The molecule has 0 aliphatic heterocycles. The predicted octanol–water partition coefficient (Wildman–Crippen LogP) is 3.29. The summed E-state index contributed by atoms with van der Waals surface area (Å²) < 4.78 is 3.74. The minimum absolute atomic E-state index is 0.0228. The number of thioether (sulfide) groups is 1. The second-order valence-corrected chi connectivity index (χ2v) is 7.74. The molecule has 0 radical (unpaired) electrons. The quantitative estimate of drug-likeness (QED) is 0.519. The van der Waals surface area contributed by atoms with Gasteiger partial charge in [-0.15, -0.1) is 11.3 Å². The maximum atomic E-state index is 12.1. The van der Waals surface area contributed by atoms with Crippen molar-refractivity contribution in [2.24, 2.45) is 0 Å². The number of rotatable bonds is 6. The van der Waals surface area contributed by atoms with E-state index in [0.29, 0.717) is 12.3 Å². The van der Waals surface area contributed by atoms with Gasteiger partial charge in [0.2, 0.25) is 5.91 Å². The molecule has 26 heavy (non-hydrogen) atoms. The van der Waals surface area contributed by atoms with Gasteiger partial charge in [0.25, 0.3) is 0 Å². The van der Waals surface area contributed by atoms with Crippen molar-refractivity contribution in [3.05, 3.63) is 66.6 Å². The van der Waals surface area contributed by atoms with Crippen LogP contribution in [0.25, 0.3) is 16.0 Å². The van der Waals surface area contributed by atoms with Gasteiger partial charge in [0.1, 0.15) is 0 Å². The molecule has 0 saturated carbocycles. The Morgan fingerprint density at radius 3 is 2.88 bits per heavy atom. The van der Waals surface area contributed by atoms with Crippen LogP contribution in [0.5, 0.6) is 0 Å². The largest absolute Gasteiger partial charge is 0.351 e. The minimum Gasteiger partial charge on any atom is -0.351 e. The summed E-state index contributed by atoms with van der Waals surface area (Å²) in [6.07, 6.45) is 5.29. The highest BCUT2D eigenvalue weighted by Crippen LogP contribution is 2.29. The molecule has 1 N–H and O–H groups in total. The van der Waals surface area contributed by atoms with E-state index < -0.39 is 0 Å². The third kappa shape index (κ3) is 3.92. The SMILES string of the molecule is O=C(CSc1nc2ccccc2s1)NCc1ccc(-n2cccn2)nc1. The maximum Gasteiger partial charge on any atom is 0.230 e. The van der Waals surface area contributed by atoms with E-state index in [1.165, 1.54) is 11.8 Å². The van der Waals surface area contributed by atoms with Gasteiger partial charge in [0, 0.05) is 25.1 Å². The molecular weight excluding hydrogens is 366 g/mol. The molecule has 0 aliphatic carbocycles. The Labute approximate surface area is 158 Å². The molecule has 1 amide bonds. The smallest absolute Gasteiger partial charge is 0.230 e. The van der Waals surface area contributed by atoms with E-state index >= 15 is 0 Å². The number of carbonyl (C=O) groups is 1. The normalized spacial score (nSPS) is 10.9. The number of carbonyl (C=O) groups excluding carboxylic acids is 1. The Morgan fingerprint density at radius 2 is 2.12 bits per heavy atom. The first kappa shape index (κ1) is 16.7. The molecule has 0 aliphatic rings. The van der Waals surface area contributed by atoms with Crippen LogP contribution < -0.4 is 5.32 Å². The van der Waals surface area contributed by atoms with Gasteiger partial charge in [-0.1, -0.05) is 30.0 Å². The van der Waals surface area contributed by atoms with Crippen molar-refractivity contribution in [2.75, 3.05) is 5.75 Å². The van der Waals surface area contributed by atoms with E-state index in [1.807, 2.05) is 48.7 Å². The van der Waals surface area contributed by atoms with E-state index in [1.54, 1.807) is 28.4 Å². The van der Waals surface area contributed by atoms with Crippen LogP contribution in [0.2, 0.25) is 0 Å². The summed E-state index contributed by atoms with van der Waals surface area (Å²) in [5, 5.41) is 7.05. The fraction of sp³-hybridized carbons (Fsp3) is 0.111. The van der Waals surface area contributed by atoms with Gasteiger partial charge in [0.15, 0.2) is 10.2 Å². The maximum absolute atomic E-state index is 12.1. The first-order valence-corrected chi connectivity index (χ1v) is 9.78. The van der Waals surface area contributed by atoms with Crippen LogP contribution in [0.15, 0.2) is 65.4 Å². The van der Waals surface area contributed by atoms with Crippen LogP contribution in [0.4, 0.5) is 0 Å². The zero-order valence-electron chi connectivity index (χ0n) is 13.7. The summed E-state index contributed by atoms with van der Waals surface area (Å²) in [7, 11) is 0. The third-order valence-corrected chi connectivity index (χ3v) is 5.82. The summed E-state index contributed by atoms with van der Waals surface area (Å²) >= 11 is 3.07. The molecule has 0 bridgehead atoms. The molecule has 4 rings (SSSR count). The van der Waals surface area contributed by atoms with Crippen LogP contribution in [-0.4, -0.2) is 31.4 Å². The molecule has 6 nitrogen and oxygen atoms in total. The number of nitrogens with zero attached hydrogens (tertiary/aromatic N) is 4. The lowest BCUT2D eigenvalue weighted by Gasteiger charge is -2.05. The Bertz CT molecular complexity index is 979. The lowest BCUT2D eigenvalue weighted by molar-refractivity contribution is -0.118. The topological polar surface area (TPSA) is 72.7 Å². The number of aromatic nitrogens is 4. The minimum atomic E-state index is -0.0228. The zero-order chi connectivity index (χ0) is 17.8. The summed E-state index contributed by atoms with van der Waals surface area (Å²) in [5.41, 5.74) is 1.92. The van der Waals surface area contributed by atoms with Crippen molar-refractivity contribution in [3.63, 3.8) is 0 Å². The monoisotopic (exact) mass is 381 g/mol. The van der Waals surface area contributed by atoms with Gasteiger partial charge in [-0.25, -0.2) is 14.6 Å². The molecule has 3 aromatic heterocycles. The molecule has 0 atom stereocenters. The molecule has 3 heterocycles. The van der Waals surface area contributed by atoms with E-state index in [4.69, 9.17) is 0 Å². The Balaban J connectivity index is 1.28. The number of pyridine rings is 1. The van der Waals surface area contributed by atoms with Gasteiger partial charge < -0.3 is 5.32 Å². The van der Waals surface area contributed by atoms with Crippen molar-refractivity contribution in [1.82, 2.24) is 25.1 Å². The molecular formula is C18H15N5OS2. The van der Waals surface area contributed by atoms with E-state index in [0.717, 1.165) is 25.9 Å². The number of fused-ring (bicyclic) bond motifs is 1. The van der Waals surface area contributed by atoms with Crippen molar-refractivity contribution in [3.8, 4) is 5.82 Å². The summed E-state index contributed by atoms with van der Waals surface area (Å²) in [4.78, 5) is 20.9. The number of para-hydroxylation sites is 1. The molecule has 130 valence electrons. The van der Waals surface area contributed by atoms with Gasteiger partial charge in [-0.2, -0.15) is 5.10 Å². The fourth-order valence-electron chi connectivity index (χ4n) is 2.35. The van der Waals surface area contributed by atoms with Crippen molar-refractivity contribution in [1.29, 1.82) is 0 Å². The van der Waals surface area contributed by atoms with E-state index in [-0.39, 0.29) is 5.91 Å². The molecule has 1 aromatic carbocycles. The zero-order valence-corrected chi connectivity index (χ0v) is 15.3. The van der Waals surface area contributed by atoms with Gasteiger partial charge in [-0.3, -0.25) is 4.79 Å². The fourth-order valence-corrected chi connectivity index (χ4v) is 4.25. The standard InChI is InChI=1S/C18H15N5OS2/c24-17(12-25-18-22-14-4-1-2-5-15(14)26-18)20-11-13-6-7-16(19-10-13)23-9-3-8-21-23/h1-10H,11-12H2,(H,20,24). The lowest BCUT2D eigenvalue weighted by atomic mass is 10.3. The number of amides is 1. The highest BCUT2D eigenvalue weighted by Gasteiger charge is 2.08. The molecule has 8 heteroatoms. The van der Waals surface area contributed by atoms with Crippen molar-refractivity contribution in [2.45, 2.75) is 10.9 Å². The van der Waals surface area contributed by atoms with Crippen LogP contribution in [0, 0.1) is 0 Å². The third-order valence-electron chi connectivity index (χ3n) is 3.64. The highest BCUT2D eigenvalue weighted by atomic mass is 32.2. The number of nitrogens with one attached hydrogen (secondary N) is 1. The predicted molar refractivity (Wildman–Crippen MR) is 104 cm³/mol. The van der Waals surface area contributed by atoms with Crippen LogP contribution in [-0.2, 0) is 11.3 Å². The Kier molecular flexibility index (Phi) is 4.94. The first-order valence-electron chi connectivity index (χ1n) is 7.98. The van der Waals surface area contributed by atoms with Gasteiger partial charge in [-0.05, 0) is 29.8 Å². The molecule has 0 unspecified atom stereocenters. The van der Waals surface area contributed by atoms with Crippen LogP contribution in [0.3, 0.4) is 0 Å². The van der Waals surface area contributed by atoms with Crippen LogP contribution >= 0.6 is 23.1 Å². The second-order valence-electron chi connectivity index (χ2n) is 5.49. The highest BCUT2D eigenvalue weighted by molar-refractivity contribution is 8.01. The van der Waals surface area contributed by atoms with Gasteiger partial charge >= 0.3 is 0 Å². The average Bonchev–Trinajstić information content (AvgIpc) is 3.34. The molecule has 0 spiro atoms. The summed E-state index contributed by atoms with van der Waals surface area (Å²) in [6, 6.07) is 13.6. The molecule has 0 fully saturated rings. The van der Waals surface area contributed by atoms with E-state index in [9.17, 15) is 4.79 Å². The molecule has 0 saturated heterocycles. The van der Waals surface area contributed by atoms with E-state index in [2.05, 4.69) is 20.4 Å². The van der Waals surface area contributed by atoms with Crippen LogP contribution in [0.1, 0.15) is 5.56 Å². The number of benzene rings is 1.